The van der Waals surface area contributed by atoms with Crippen molar-refractivity contribution < 1.29 is 28.6 Å². The van der Waals surface area contributed by atoms with Gasteiger partial charge < -0.3 is 14.2 Å². The van der Waals surface area contributed by atoms with Crippen molar-refractivity contribution in [2.24, 2.45) is 0 Å². The number of unbranched alkanes of at least 4 members (excludes halogenated alkanes) is 41. The fraction of sp³-hybridized carbons (Fsp3) is 0.946. The van der Waals surface area contributed by atoms with Crippen LogP contribution in [0.4, 0.5) is 0 Å². The molecule has 0 saturated carbocycles. The molecule has 62 heavy (non-hydrogen) atoms. The largest absolute Gasteiger partial charge is 0.462 e. The van der Waals surface area contributed by atoms with Crippen LogP contribution in [0.15, 0.2) is 0 Å². The molecule has 6 nitrogen and oxygen atoms in total. The first kappa shape index (κ1) is 60.4. The molecule has 1 atom stereocenters. The van der Waals surface area contributed by atoms with E-state index in [1.165, 1.54) is 225 Å². The van der Waals surface area contributed by atoms with Crippen LogP contribution in [-0.4, -0.2) is 37.2 Å². The summed E-state index contributed by atoms with van der Waals surface area (Å²) in [5, 5.41) is 0. The van der Waals surface area contributed by atoms with Crippen molar-refractivity contribution in [3.8, 4) is 0 Å². The van der Waals surface area contributed by atoms with Gasteiger partial charge in [-0.05, 0) is 19.3 Å². The van der Waals surface area contributed by atoms with Crippen molar-refractivity contribution in [3.63, 3.8) is 0 Å². The van der Waals surface area contributed by atoms with E-state index in [9.17, 15) is 14.4 Å². The highest BCUT2D eigenvalue weighted by Gasteiger charge is 2.19. The molecule has 368 valence electrons. The number of hydrogen-bond donors (Lipinski definition) is 0. The number of carbonyl (C=O) groups excluding carboxylic acids is 3. The molecule has 1 unspecified atom stereocenters. The van der Waals surface area contributed by atoms with E-state index in [1.807, 2.05) is 0 Å². The molecule has 0 spiro atoms. The maximum absolute atomic E-state index is 12.8. The van der Waals surface area contributed by atoms with Gasteiger partial charge in [0.25, 0.3) is 0 Å². The second-order valence-corrected chi connectivity index (χ2v) is 19.2. The van der Waals surface area contributed by atoms with Gasteiger partial charge in [0.1, 0.15) is 13.2 Å². The molecule has 0 aliphatic heterocycles. The predicted octanol–water partition coefficient (Wildman–Crippen LogP) is 18.4. The van der Waals surface area contributed by atoms with E-state index in [2.05, 4.69) is 20.8 Å². The van der Waals surface area contributed by atoms with Gasteiger partial charge in [0.05, 0.1) is 0 Å². The Morgan fingerprint density at radius 2 is 0.435 bits per heavy atom. The van der Waals surface area contributed by atoms with Crippen molar-refractivity contribution in [3.05, 3.63) is 0 Å². The number of ether oxygens (including phenoxy) is 3. The first-order valence-corrected chi connectivity index (χ1v) is 28.0. The summed E-state index contributed by atoms with van der Waals surface area (Å²) in [6, 6.07) is 0. The van der Waals surface area contributed by atoms with E-state index in [-0.39, 0.29) is 31.1 Å². The van der Waals surface area contributed by atoms with Gasteiger partial charge in [0.15, 0.2) is 6.10 Å². The summed E-state index contributed by atoms with van der Waals surface area (Å²) in [4.78, 5) is 37.9. The highest BCUT2D eigenvalue weighted by Crippen LogP contribution is 2.17. The molecule has 0 aromatic heterocycles. The zero-order valence-corrected chi connectivity index (χ0v) is 42.2. The van der Waals surface area contributed by atoms with Gasteiger partial charge in [-0.15, -0.1) is 0 Å². The summed E-state index contributed by atoms with van der Waals surface area (Å²) in [5.41, 5.74) is 0. The van der Waals surface area contributed by atoms with E-state index < -0.39 is 6.10 Å². The highest BCUT2D eigenvalue weighted by atomic mass is 16.6. The molecular formula is C56H108O6. The first-order valence-electron chi connectivity index (χ1n) is 28.0. The van der Waals surface area contributed by atoms with Crippen LogP contribution in [0.25, 0.3) is 0 Å². The summed E-state index contributed by atoms with van der Waals surface area (Å²) in [7, 11) is 0. The van der Waals surface area contributed by atoms with Gasteiger partial charge in [-0.1, -0.05) is 284 Å². The Morgan fingerprint density at radius 3 is 0.645 bits per heavy atom. The van der Waals surface area contributed by atoms with Gasteiger partial charge in [0.2, 0.25) is 0 Å². The van der Waals surface area contributed by atoms with Crippen LogP contribution in [0.5, 0.6) is 0 Å². The number of hydrogen-bond acceptors (Lipinski definition) is 6. The van der Waals surface area contributed by atoms with E-state index in [0.29, 0.717) is 19.3 Å². The summed E-state index contributed by atoms with van der Waals surface area (Å²) >= 11 is 0. The van der Waals surface area contributed by atoms with Crippen molar-refractivity contribution in [2.75, 3.05) is 13.2 Å². The average Bonchev–Trinajstić information content (AvgIpc) is 3.27. The topological polar surface area (TPSA) is 78.9 Å². The molecule has 0 aliphatic rings. The number of esters is 3. The smallest absolute Gasteiger partial charge is 0.306 e. The highest BCUT2D eigenvalue weighted by molar-refractivity contribution is 5.71. The SMILES string of the molecule is CCCCCCCCCCCCCCCCCCCCCCCC(=O)OCC(COC(=O)CCCCCCCCCCC)OC(=O)CCCCCCCCCCCCCCCC. The van der Waals surface area contributed by atoms with Gasteiger partial charge in [0, 0.05) is 19.3 Å². The Morgan fingerprint density at radius 1 is 0.258 bits per heavy atom. The average molecular weight is 877 g/mol. The van der Waals surface area contributed by atoms with Crippen LogP contribution in [-0.2, 0) is 28.6 Å². The summed E-state index contributed by atoms with van der Waals surface area (Å²) in [6.07, 6.45) is 56.7. The zero-order valence-electron chi connectivity index (χ0n) is 42.2. The molecule has 0 bridgehead atoms. The predicted molar refractivity (Wildman–Crippen MR) is 266 cm³/mol. The molecule has 0 heterocycles. The minimum Gasteiger partial charge on any atom is -0.462 e. The standard InChI is InChI=1S/C56H108O6/c1-4-7-10-13-16-19-21-23-25-26-27-28-29-30-31-33-34-37-40-43-46-49-55(58)61-52-53(51-60-54(57)48-45-42-39-36-18-15-12-9-6-3)62-56(59)50-47-44-41-38-35-32-24-22-20-17-14-11-8-5-2/h53H,4-52H2,1-3H3. The Bertz CT molecular complexity index is 920. The fourth-order valence-electron chi connectivity index (χ4n) is 8.62. The van der Waals surface area contributed by atoms with Crippen LogP contribution < -0.4 is 0 Å². The van der Waals surface area contributed by atoms with Gasteiger partial charge >= 0.3 is 17.9 Å². The molecule has 0 rings (SSSR count). The quantitative estimate of drug-likeness (QED) is 0.0344. The maximum Gasteiger partial charge on any atom is 0.306 e. The van der Waals surface area contributed by atoms with Crippen LogP contribution in [0.2, 0.25) is 0 Å². The zero-order chi connectivity index (χ0) is 45.1. The molecule has 0 amide bonds. The van der Waals surface area contributed by atoms with E-state index in [4.69, 9.17) is 14.2 Å². The number of carbonyl (C=O) groups is 3. The van der Waals surface area contributed by atoms with Crippen molar-refractivity contribution in [1.82, 2.24) is 0 Å². The minimum absolute atomic E-state index is 0.0616. The molecule has 0 aromatic carbocycles. The summed E-state index contributed by atoms with van der Waals surface area (Å²) in [6.45, 7) is 6.68. The van der Waals surface area contributed by atoms with Crippen molar-refractivity contribution >= 4 is 17.9 Å². The molecular weight excluding hydrogens is 769 g/mol. The summed E-state index contributed by atoms with van der Waals surface area (Å²) < 4.78 is 16.8. The van der Waals surface area contributed by atoms with Crippen LogP contribution >= 0.6 is 0 Å². The van der Waals surface area contributed by atoms with Gasteiger partial charge in [-0.3, -0.25) is 14.4 Å². The minimum atomic E-state index is -0.759. The van der Waals surface area contributed by atoms with Crippen molar-refractivity contribution in [2.45, 2.75) is 329 Å². The monoisotopic (exact) mass is 877 g/mol. The van der Waals surface area contributed by atoms with Crippen LogP contribution in [0.1, 0.15) is 323 Å². The lowest BCUT2D eigenvalue weighted by atomic mass is 10.0. The van der Waals surface area contributed by atoms with Gasteiger partial charge in [-0.25, -0.2) is 0 Å². The first-order chi connectivity index (χ1) is 30.5. The third kappa shape index (κ3) is 49.4. The lowest BCUT2D eigenvalue weighted by Crippen LogP contribution is -2.30. The Labute approximate surface area is 387 Å². The van der Waals surface area contributed by atoms with Gasteiger partial charge in [-0.2, -0.15) is 0 Å². The van der Waals surface area contributed by atoms with E-state index in [0.717, 1.165) is 57.8 Å². The molecule has 0 aliphatic carbocycles. The maximum atomic E-state index is 12.8. The molecule has 0 radical (unpaired) electrons. The Hall–Kier alpha value is -1.59. The third-order valence-corrected chi connectivity index (χ3v) is 12.9. The number of rotatable bonds is 52. The molecule has 0 fully saturated rings. The lowest BCUT2D eigenvalue weighted by Gasteiger charge is -2.18. The van der Waals surface area contributed by atoms with E-state index in [1.54, 1.807) is 0 Å². The Balaban J connectivity index is 4.17. The molecule has 0 N–H and O–H groups in total. The fourth-order valence-corrected chi connectivity index (χ4v) is 8.62. The third-order valence-electron chi connectivity index (χ3n) is 12.9. The normalized spacial score (nSPS) is 11.9. The van der Waals surface area contributed by atoms with Crippen LogP contribution in [0.3, 0.4) is 0 Å². The summed E-state index contributed by atoms with van der Waals surface area (Å²) in [5.74, 6) is -0.840. The van der Waals surface area contributed by atoms with Crippen LogP contribution in [0, 0.1) is 0 Å². The molecule has 0 saturated heterocycles. The lowest BCUT2D eigenvalue weighted by molar-refractivity contribution is -0.167. The molecule has 0 aromatic rings. The van der Waals surface area contributed by atoms with E-state index >= 15 is 0 Å². The second kappa shape index (κ2) is 52.0. The second-order valence-electron chi connectivity index (χ2n) is 19.2. The Kier molecular flexibility index (Phi) is 50.7. The molecule has 6 heteroatoms. The van der Waals surface area contributed by atoms with Crippen molar-refractivity contribution in [1.29, 1.82) is 0 Å².